The highest BCUT2D eigenvalue weighted by Gasteiger charge is 2.35. The predicted molar refractivity (Wildman–Crippen MR) is 90.2 cm³/mol. The molecule has 1 N–H and O–H groups in total. The molecular weight excluding hydrogens is 377 g/mol. The smallest absolute Gasteiger partial charge is 0.417 e. The van der Waals surface area contributed by atoms with Gasteiger partial charge in [0.25, 0.3) is 11.1 Å². The topological polar surface area (TPSA) is 55.1 Å². The number of hydrogen-bond acceptors (Lipinski definition) is 4. The summed E-state index contributed by atoms with van der Waals surface area (Å²) in [6.45, 7) is 0. The number of anilines is 1. The maximum atomic E-state index is 13.1. The van der Waals surface area contributed by atoms with Gasteiger partial charge in [0.1, 0.15) is 5.52 Å². The number of benzene rings is 2. The maximum absolute atomic E-state index is 13.1. The van der Waals surface area contributed by atoms with Crippen LogP contribution in [0.5, 0.6) is 0 Å². The number of aromatic nitrogens is 1. The summed E-state index contributed by atoms with van der Waals surface area (Å²) < 4.78 is 44.8. The van der Waals surface area contributed by atoms with Crippen LogP contribution in [-0.2, 0) is 6.18 Å². The molecule has 0 radical (unpaired) electrons. The van der Waals surface area contributed by atoms with E-state index in [1.165, 1.54) is 30.0 Å². The minimum Gasteiger partial charge on any atom is -0.431 e. The van der Waals surface area contributed by atoms with E-state index < -0.39 is 23.2 Å². The van der Waals surface area contributed by atoms with Crippen LogP contribution in [0.15, 0.2) is 46.0 Å². The van der Waals surface area contributed by atoms with Crippen LogP contribution in [0.4, 0.5) is 18.9 Å². The molecule has 4 nitrogen and oxygen atoms in total. The molecule has 0 bridgehead atoms. The van der Waals surface area contributed by atoms with E-state index in [4.69, 9.17) is 16.0 Å². The van der Waals surface area contributed by atoms with Crippen molar-refractivity contribution in [2.45, 2.75) is 11.4 Å². The second-order valence-corrected chi connectivity index (χ2v) is 6.20. The van der Waals surface area contributed by atoms with E-state index in [-0.39, 0.29) is 5.02 Å². The molecule has 0 saturated heterocycles. The zero-order valence-corrected chi connectivity index (χ0v) is 14.2. The summed E-state index contributed by atoms with van der Waals surface area (Å²) in [5.74, 6) is -0.895. The number of oxazole rings is 1. The highest BCUT2D eigenvalue weighted by atomic mass is 35.5. The molecule has 1 heterocycles. The van der Waals surface area contributed by atoms with Crippen LogP contribution in [0, 0.1) is 0 Å². The van der Waals surface area contributed by atoms with Crippen molar-refractivity contribution in [2.75, 3.05) is 11.6 Å². The van der Waals surface area contributed by atoms with Crippen molar-refractivity contribution in [2.24, 2.45) is 0 Å². The van der Waals surface area contributed by atoms with E-state index in [0.29, 0.717) is 22.0 Å². The molecule has 0 unspecified atom stereocenters. The standard InChI is InChI=1S/C16H10ClF3N2O2S/c1-25-15-22-12-5-3-9(7-13(12)24-15)21-14(23)10-4-2-8(17)6-11(10)16(18,19)20/h2-7H,1H3,(H,21,23). The van der Waals surface area contributed by atoms with Gasteiger partial charge in [-0.15, -0.1) is 0 Å². The number of alkyl halides is 3. The van der Waals surface area contributed by atoms with Gasteiger partial charge < -0.3 is 9.73 Å². The van der Waals surface area contributed by atoms with Crippen LogP contribution < -0.4 is 5.32 Å². The first-order valence-electron chi connectivity index (χ1n) is 6.90. The van der Waals surface area contributed by atoms with Gasteiger partial charge in [-0.05, 0) is 36.6 Å². The molecule has 0 fully saturated rings. The van der Waals surface area contributed by atoms with Crippen LogP contribution in [0.25, 0.3) is 11.1 Å². The average molecular weight is 387 g/mol. The van der Waals surface area contributed by atoms with Crippen molar-refractivity contribution in [3.63, 3.8) is 0 Å². The Bertz CT molecular complexity index is 956. The Hall–Kier alpha value is -2.19. The highest BCUT2D eigenvalue weighted by Crippen LogP contribution is 2.34. The highest BCUT2D eigenvalue weighted by molar-refractivity contribution is 7.98. The summed E-state index contributed by atoms with van der Waals surface area (Å²) in [7, 11) is 0. The minimum atomic E-state index is -4.69. The molecule has 0 spiro atoms. The third kappa shape index (κ3) is 3.74. The van der Waals surface area contributed by atoms with Crippen LogP contribution in [0.2, 0.25) is 5.02 Å². The van der Waals surface area contributed by atoms with Crippen molar-refractivity contribution >= 4 is 46.1 Å². The normalized spacial score (nSPS) is 11.7. The van der Waals surface area contributed by atoms with Gasteiger partial charge in [-0.1, -0.05) is 23.4 Å². The number of halogens is 4. The number of nitrogens with one attached hydrogen (secondary N) is 1. The Morgan fingerprint density at radius 1 is 1.24 bits per heavy atom. The molecule has 130 valence electrons. The van der Waals surface area contributed by atoms with Gasteiger partial charge in [-0.25, -0.2) is 4.98 Å². The molecule has 1 amide bonds. The third-order valence-electron chi connectivity index (χ3n) is 3.33. The summed E-state index contributed by atoms with van der Waals surface area (Å²) in [5, 5.41) is 2.79. The van der Waals surface area contributed by atoms with Gasteiger partial charge in [-0.2, -0.15) is 13.2 Å². The quantitative estimate of drug-likeness (QED) is 0.606. The number of rotatable bonds is 3. The first-order chi connectivity index (χ1) is 11.8. The molecule has 0 aliphatic carbocycles. The first-order valence-corrected chi connectivity index (χ1v) is 8.51. The number of amides is 1. The van der Waals surface area contributed by atoms with Gasteiger partial charge in [0.05, 0.1) is 11.1 Å². The van der Waals surface area contributed by atoms with Crippen LogP contribution >= 0.6 is 23.4 Å². The Balaban J connectivity index is 1.92. The van der Waals surface area contributed by atoms with Crippen LogP contribution in [0.1, 0.15) is 15.9 Å². The number of thioether (sulfide) groups is 1. The SMILES string of the molecule is CSc1nc2ccc(NC(=O)c3ccc(Cl)cc3C(F)(F)F)cc2o1. The Morgan fingerprint density at radius 2 is 2.00 bits per heavy atom. The van der Waals surface area contributed by atoms with Crippen LogP contribution in [-0.4, -0.2) is 17.1 Å². The Morgan fingerprint density at radius 3 is 2.68 bits per heavy atom. The van der Waals surface area contributed by atoms with Gasteiger partial charge in [-0.3, -0.25) is 4.79 Å². The fourth-order valence-electron chi connectivity index (χ4n) is 2.22. The zero-order chi connectivity index (χ0) is 18.2. The molecule has 0 atom stereocenters. The number of carbonyl (C=O) groups excluding carboxylic acids is 1. The maximum Gasteiger partial charge on any atom is 0.417 e. The van der Waals surface area contributed by atoms with Gasteiger partial charge in [0.15, 0.2) is 5.58 Å². The first kappa shape index (κ1) is 17.6. The third-order valence-corrected chi connectivity index (χ3v) is 4.09. The van der Waals surface area contributed by atoms with Crippen LogP contribution in [0.3, 0.4) is 0 Å². The zero-order valence-electron chi connectivity index (χ0n) is 12.6. The van der Waals surface area contributed by atoms with E-state index in [1.54, 1.807) is 12.3 Å². The summed E-state index contributed by atoms with van der Waals surface area (Å²) in [6, 6.07) is 7.65. The number of hydrogen-bond donors (Lipinski definition) is 1. The lowest BCUT2D eigenvalue weighted by atomic mass is 10.1. The van der Waals surface area contributed by atoms with Gasteiger partial charge in [0, 0.05) is 16.8 Å². The second-order valence-electron chi connectivity index (χ2n) is 5.01. The number of fused-ring (bicyclic) bond motifs is 1. The van der Waals surface area contributed by atoms with Crippen molar-refractivity contribution in [1.29, 1.82) is 0 Å². The molecule has 0 aliphatic rings. The molecule has 9 heteroatoms. The summed E-state index contributed by atoms with van der Waals surface area (Å²) in [6.07, 6.45) is -2.90. The largest absolute Gasteiger partial charge is 0.431 e. The minimum absolute atomic E-state index is 0.100. The Kier molecular flexibility index (Phi) is 4.66. The van der Waals surface area contributed by atoms with Gasteiger partial charge >= 0.3 is 6.18 Å². The van der Waals surface area contributed by atoms with E-state index in [1.807, 2.05) is 0 Å². The van der Waals surface area contributed by atoms with E-state index >= 15 is 0 Å². The monoisotopic (exact) mass is 386 g/mol. The number of carbonyl (C=O) groups is 1. The van der Waals surface area contributed by atoms with Crippen molar-refractivity contribution in [3.05, 3.63) is 52.5 Å². The lowest BCUT2D eigenvalue weighted by molar-refractivity contribution is -0.137. The number of nitrogens with zero attached hydrogens (tertiary/aromatic N) is 1. The van der Waals surface area contributed by atoms with E-state index in [9.17, 15) is 18.0 Å². The van der Waals surface area contributed by atoms with Crippen molar-refractivity contribution in [1.82, 2.24) is 4.98 Å². The molecule has 3 rings (SSSR count). The lowest BCUT2D eigenvalue weighted by Gasteiger charge is -2.13. The fraction of sp³-hybridized carbons (Fsp3) is 0.125. The molecule has 3 aromatic rings. The van der Waals surface area contributed by atoms with E-state index in [2.05, 4.69) is 10.3 Å². The summed E-state index contributed by atoms with van der Waals surface area (Å²) >= 11 is 6.93. The van der Waals surface area contributed by atoms with Gasteiger partial charge in [0.2, 0.25) is 0 Å². The molecule has 1 aromatic heterocycles. The fourth-order valence-corrected chi connectivity index (χ4v) is 2.75. The molecule has 25 heavy (non-hydrogen) atoms. The molecule has 0 aliphatic heterocycles. The predicted octanol–water partition coefficient (Wildman–Crippen LogP) is 5.47. The van der Waals surface area contributed by atoms with E-state index in [0.717, 1.165) is 12.1 Å². The molecule has 0 saturated carbocycles. The van der Waals surface area contributed by atoms with Crippen molar-refractivity contribution in [3.8, 4) is 0 Å². The lowest BCUT2D eigenvalue weighted by Crippen LogP contribution is -2.18. The average Bonchev–Trinajstić information content (AvgIpc) is 2.96. The Labute approximate surface area is 149 Å². The van der Waals surface area contributed by atoms with Crippen molar-refractivity contribution < 1.29 is 22.4 Å². The second kappa shape index (κ2) is 6.61. The molecule has 2 aromatic carbocycles. The summed E-state index contributed by atoms with van der Waals surface area (Å²) in [5.41, 5.74) is -0.300. The summed E-state index contributed by atoms with van der Waals surface area (Å²) in [4.78, 5) is 16.5. The molecular formula is C16H10ClF3N2O2S.